The second-order valence-corrected chi connectivity index (χ2v) is 8.40. The van der Waals surface area contributed by atoms with Crippen molar-refractivity contribution >= 4 is 44.2 Å². The first-order valence-electron chi connectivity index (χ1n) is 6.94. The van der Waals surface area contributed by atoms with E-state index in [1.54, 1.807) is 12.1 Å². The average molecular weight is 460 g/mol. The summed E-state index contributed by atoms with van der Waals surface area (Å²) >= 11 is 2.07. The van der Waals surface area contributed by atoms with Gasteiger partial charge >= 0.3 is 0 Å². The molecule has 2 aromatic rings. The number of carbonyl (C=O) groups excluding carboxylic acids is 1. The molecular weight excluding hydrogens is 443 g/mol. The summed E-state index contributed by atoms with van der Waals surface area (Å²) in [5.74, 6) is 0.0460. The maximum absolute atomic E-state index is 12.5. The molecule has 0 aliphatic carbocycles. The summed E-state index contributed by atoms with van der Waals surface area (Å²) in [4.78, 5) is 12.5. The maximum atomic E-state index is 12.5. The highest BCUT2D eigenvalue weighted by atomic mass is 127. The first kappa shape index (κ1) is 18.7. The van der Waals surface area contributed by atoms with Crippen LogP contribution in [0.25, 0.3) is 0 Å². The Morgan fingerprint density at radius 1 is 1.17 bits per heavy atom. The standard InChI is InChI=1S/C16H17IN2O4S/c1-19(2)24(21,22)11-8-9-15(23-3)14(10-11)18-16(20)12-6-4-5-7-13(12)17/h4-10H,1-3H3,(H,18,20). The smallest absolute Gasteiger partial charge is 0.256 e. The molecule has 0 aliphatic rings. The van der Waals surface area contributed by atoms with Gasteiger partial charge in [-0.15, -0.1) is 0 Å². The number of rotatable bonds is 5. The van der Waals surface area contributed by atoms with Crippen molar-refractivity contribution < 1.29 is 17.9 Å². The summed E-state index contributed by atoms with van der Waals surface area (Å²) in [6.45, 7) is 0. The molecule has 1 amide bonds. The average Bonchev–Trinajstić information content (AvgIpc) is 2.54. The topological polar surface area (TPSA) is 75.7 Å². The molecule has 128 valence electrons. The number of sulfonamides is 1. The number of halogens is 1. The lowest BCUT2D eigenvalue weighted by Gasteiger charge is -2.15. The van der Waals surface area contributed by atoms with Gasteiger partial charge < -0.3 is 10.1 Å². The number of anilines is 1. The number of nitrogens with zero attached hydrogens (tertiary/aromatic N) is 1. The normalized spacial score (nSPS) is 11.4. The van der Waals surface area contributed by atoms with Crippen molar-refractivity contribution in [3.05, 3.63) is 51.6 Å². The van der Waals surface area contributed by atoms with Crippen LogP contribution in [0.3, 0.4) is 0 Å². The van der Waals surface area contributed by atoms with Gasteiger partial charge in [0, 0.05) is 17.7 Å². The molecule has 2 rings (SSSR count). The monoisotopic (exact) mass is 460 g/mol. The van der Waals surface area contributed by atoms with Gasteiger partial charge in [-0.05, 0) is 52.9 Å². The number of carbonyl (C=O) groups is 1. The van der Waals surface area contributed by atoms with Crippen molar-refractivity contribution in [1.29, 1.82) is 0 Å². The zero-order chi connectivity index (χ0) is 17.9. The molecule has 0 heterocycles. The Morgan fingerprint density at radius 2 is 1.83 bits per heavy atom. The van der Waals surface area contributed by atoms with Crippen molar-refractivity contribution in [2.75, 3.05) is 26.5 Å². The fraction of sp³-hybridized carbons (Fsp3) is 0.188. The molecule has 8 heteroatoms. The van der Waals surface area contributed by atoms with E-state index in [9.17, 15) is 13.2 Å². The Labute approximate surface area is 155 Å². The minimum atomic E-state index is -3.61. The van der Waals surface area contributed by atoms with Gasteiger partial charge in [-0.25, -0.2) is 12.7 Å². The first-order valence-corrected chi connectivity index (χ1v) is 9.45. The molecular formula is C16H17IN2O4S. The highest BCUT2D eigenvalue weighted by Crippen LogP contribution is 2.29. The molecule has 0 radical (unpaired) electrons. The Balaban J connectivity index is 2.42. The van der Waals surface area contributed by atoms with Crippen LogP contribution in [0.1, 0.15) is 10.4 Å². The molecule has 0 aliphatic heterocycles. The van der Waals surface area contributed by atoms with Crippen LogP contribution in [-0.4, -0.2) is 39.8 Å². The third kappa shape index (κ3) is 3.87. The number of methoxy groups -OCH3 is 1. The summed E-state index contributed by atoms with van der Waals surface area (Å²) in [7, 11) is 0.745. The van der Waals surface area contributed by atoms with Crippen LogP contribution in [0.4, 0.5) is 5.69 Å². The molecule has 0 unspecified atom stereocenters. The number of hydrogen-bond donors (Lipinski definition) is 1. The number of nitrogens with one attached hydrogen (secondary N) is 1. The van der Waals surface area contributed by atoms with Crippen LogP contribution in [0, 0.1) is 3.57 Å². The van der Waals surface area contributed by atoms with E-state index in [-0.39, 0.29) is 10.8 Å². The van der Waals surface area contributed by atoms with Gasteiger partial charge in [-0.2, -0.15) is 0 Å². The third-order valence-electron chi connectivity index (χ3n) is 3.32. The Hall–Kier alpha value is -1.65. The molecule has 2 aromatic carbocycles. The van der Waals surface area contributed by atoms with Crippen LogP contribution in [0.2, 0.25) is 0 Å². The van der Waals surface area contributed by atoms with Gasteiger partial charge in [0.05, 0.1) is 23.3 Å². The molecule has 0 aromatic heterocycles. The summed E-state index contributed by atoms with van der Waals surface area (Å²) < 4.78 is 31.7. The fourth-order valence-corrected chi connectivity index (χ4v) is 3.55. The molecule has 0 saturated carbocycles. The second-order valence-electron chi connectivity index (χ2n) is 5.08. The van der Waals surface area contributed by atoms with E-state index in [4.69, 9.17) is 4.74 Å². The number of ether oxygens (including phenoxy) is 1. The zero-order valence-electron chi connectivity index (χ0n) is 13.4. The van der Waals surface area contributed by atoms with Crippen molar-refractivity contribution in [2.45, 2.75) is 4.90 Å². The summed E-state index contributed by atoms with van der Waals surface area (Å²) in [6, 6.07) is 11.5. The van der Waals surface area contributed by atoms with Crippen LogP contribution in [0.5, 0.6) is 5.75 Å². The van der Waals surface area contributed by atoms with E-state index in [1.807, 2.05) is 12.1 Å². The minimum absolute atomic E-state index is 0.0753. The second kappa shape index (κ2) is 7.49. The zero-order valence-corrected chi connectivity index (χ0v) is 16.4. The van der Waals surface area contributed by atoms with Crippen LogP contribution >= 0.6 is 22.6 Å². The van der Waals surface area contributed by atoms with Crippen molar-refractivity contribution in [2.24, 2.45) is 0 Å². The van der Waals surface area contributed by atoms with E-state index >= 15 is 0 Å². The predicted octanol–water partition coefficient (Wildman–Crippen LogP) is 2.80. The Bertz CT molecular complexity index is 866. The maximum Gasteiger partial charge on any atom is 0.256 e. The minimum Gasteiger partial charge on any atom is -0.495 e. The van der Waals surface area contributed by atoms with Gasteiger partial charge in [-0.1, -0.05) is 12.1 Å². The van der Waals surface area contributed by atoms with E-state index in [2.05, 4.69) is 27.9 Å². The fourth-order valence-electron chi connectivity index (χ4n) is 1.99. The van der Waals surface area contributed by atoms with E-state index < -0.39 is 10.0 Å². The lowest BCUT2D eigenvalue weighted by atomic mass is 10.2. The molecule has 6 nitrogen and oxygen atoms in total. The molecule has 0 atom stereocenters. The van der Waals surface area contributed by atoms with Crippen LogP contribution < -0.4 is 10.1 Å². The first-order chi connectivity index (χ1) is 11.3. The molecule has 0 spiro atoms. The largest absolute Gasteiger partial charge is 0.495 e. The van der Waals surface area contributed by atoms with Crippen LogP contribution in [-0.2, 0) is 10.0 Å². The molecule has 0 bridgehead atoms. The molecule has 1 N–H and O–H groups in total. The van der Waals surface area contributed by atoms with Gasteiger partial charge in [0.2, 0.25) is 10.0 Å². The van der Waals surface area contributed by atoms with Gasteiger partial charge in [0.25, 0.3) is 5.91 Å². The van der Waals surface area contributed by atoms with E-state index in [0.717, 1.165) is 7.88 Å². The van der Waals surface area contributed by atoms with Gasteiger partial charge in [0.1, 0.15) is 5.75 Å². The SMILES string of the molecule is COc1ccc(S(=O)(=O)N(C)C)cc1NC(=O)c1ccccc1I. The van der Waals surface area contributed by atoms with Crippen LogP contribution in [0.15, 0.2) is 47.4 Å². The van der Waals surface area contributed by atoms with E-state index in [1.165, 1.54) is 39.4 Å². The lowest BCUT2D eigenvalue weighted by molar-refractivity contribution is 0.102. The quantitative estimate of drug-likeness (QED) is 0.697. The Kier molecular flexibility index (Phi) is 5.83. The summed E-state index contributed by atoms with van der Waals surface area (Å²) in [6.07, 6.45) is 0. The van der Waals surface area contributed by atoms with Gasteiger partial charge in [0.15, 0.2) is 0 Å². The molecule has 24 heavy (non-hydrogen) atoms. The number of benzene rings is 2. The van der Waals surface area contributed by atoms with Crippen molar-refractivity contribution in [3.8, 4) is 5.75 Å². The Morgan fingerprint density at radius 3 is 2.42 bits per heavy atom. The van der Waals surface area contributed by atoms with Crippen molar-refractivity contribution in [3.63, 3.8) is 0 Å². The molecule has 0 saturated heterocycles. The van der Waals surface area contributed by atoms with Crippen molar-refractivity contribution in [1.82, 2.24) is 4.31 Å². The third-order valence-corrected chi connectivity index (χ3v) is 6.07. The lowest BCUT2D eigenvalue weighted by Crippen LogP contribution is -2.22. The number of amides is 1. The molecule has 0 fully saturated rings. The van der Waals surface area contributed by atoms with E-state index in [0.29, 0.717) is 17.0 Å². The number of hydrogen-bond acceptors (Lipinski definition) is 4. The summed E-state index contributed by atoms with van der Waals surface area (Å²) in [5, 5.41) is 2.72. The highest BCUT2D eigenvalue weighted by Gasteiger charge is 2.20. The predicted molar refractivity (Wildman–Crippen MR) is 101 cm³/mol. The van der Waals surface area contributed by atoms with Gasteiger partial charge in [-0.3, -0.25) is 4.79 Å². The highest BCUT2D eigenvalue weighted by molar-refractivity contribution is 14.1. The summed E-state index contributed by atoms with van der Waals surface area (Å²) in [5.41, 5.74) is 0.797.